The number of aromatic amines is 2. The van der Waals surface area contributed by atoms with E-state index >= 15 is 9.59 Å². The summed E-state index contributed by atoms with van der Waals surface area (Å²) >= 11 is 3.80. The molecule has 12 amide bonds. The Balaban J connectivity index is 1.17. The van der Waals surface area contributed by atoms with Crippen molar-refractivity contribution < 1.29 is 82.4 Å². The van der Waals surface area contributed by atoms with Gasteiger partial charge in [-0.1, -0.05) is 82.3 Å². The third-order valence-corrected chi connectivity index (χ3v) is 21.1. The van der Waals surface area contributed by atoms with Crippen LogP contribution in [0.25, 0.3) is 21.8 Å². The first kappa shape index (κ1) is 80.0. The Kier molecular flexibility index (Phi) is 29.0. The molecule has 17 N–H and O–H groups in total. The van der Waals surface area contributed by atoms with Crippen LogP contribution < -0.4 is 58.9 Å². The first-order valence-electron chi connectivity index (χ1n) is 34.2. The van der Waals surface area contributed by atoms with Crippen LogP contribution in [0.3, 0.4) is 0 Å². The van der Waals surface area contributed by atoms with Crippen LogP contribution in [0.4, 0.5) is 0 Å². The van der Waals surface area contributed by atoms with Gasteiger partial charge in [0.2, 0.25) is 70.9 Å². The van der Waals surface area contributed by atoms with Crippen LogP contribution in [0.2, 0.25) is 0 Å². The number of carbonyl (C=O) groups excluding carboxylic acids is 12. The number of rotatable bonds is 13. The van der Waals surface area contributed by atoms with E-state index in [-0.39, 0.29) is 61.0 Å². The summed E-state index contributed by atoms with van der Waals surface area (Å²) in [6.07, 6.45) is -0.493. The van der Waals surface area contributed by atoms with Gasteiger partial charge in [-0.25, -0.2) is 0 Å². The number of nitrogens with one attached hydrogen (secondary N) is 12. The molecule has 5 aromatic rings. The first-order valence-corrected chi connectivity index (χ1v) is 37.7. The molecule has 1 fully saturated rings. The summed E-state index contributed by atoms with van der Waals surface area (Å²) in [7, 11) is 0. The molecule has 3 aliphatic rings. The maximum Gasteiger partial charge on any atom is 0.305 e. The third-order valence-electron chi connectivity index (χ3n) is 17.8. The lowest BCUT2D eigenvalue weighted by atomic mass is 9.99. The minimum Gasteiger partial charge on any atom is -0.481 e. The number of carboxylic acids is 2. The monoisotopic (exact) mass is 1490 g/mol. The molecule has 34 heteroatoms. The number of amides is 12. The van der Waals surface area contributed by atoms with Gasteiger partial charge in [-0.15, -0.1) is 0 Å². The van der Waals surface area contributed by atoms with Crippen molar-refractivity contribution >= 4 is 140 Å². The average molecular weight is 1500 g/mol. The molecule has 4 bridgehead atoms. The number of para-hydroxylation sites is 2. The number of hydrogen-bond acceptors (Lipinski definition) is 18. The van der Waals surface area contributed by atoms with Crippen LogP contribution in [-0.2, 0) is 97.2 Å². The second-order valence-corrected chi connectivity index (χ2v) is 29.8. The van der Waals surface area contributed by atoms with Gasteiger partial charge in [0.1, 0.15) is 60.4 Å². The Morgan fingerprint density at radius 2 is 1.08 bits per heavy atom. The van der Waals surface area contributed by atoms with Crippen molar-refractivity contribution in [1.82, 2.24) is 68.0 Å². The van der Waals surface area contributed by atoms with Gasteiger partial charge in [0, 0.05) is 101 Å². The van der Waals surface area contributed by atoms with Crippen molar-refractivity contribution in [1.29, 1.82) is 0 Å². The predicted molar refractivity (Wildman–Crippen MR) is 388 cm³/mol. The van der Waals surface area contributed by atoms with E-state index in [9.17, 15) is 72.9 Å². The van der Waals surface area contributed by atoms with Crippen molar-refractivity contribution in [2.75, 3.05) is 30.3 Å². The predicted octanol–water partition coefficient (Wildman–Crippen LogP) is 0.239. The third kappa shape index (κ3) is 22.4. The van der Waals surface area contributed by atoms with Crippen LogP contribution in [0.1, 0.15) is 101 Å². The zero-order valence-electron chi connectivity index (χ0n) is 58.1. The van der Waals surface area contributed by atoms with Gasteiger partial charge in [-0.05, 0) is 78.0 Å². The van der Waals surface area contributed by atoms with Crippen LogP contribution >= 0.6 is 35.3 Å². The topological polar surface area (TPSA) is 481 Å². The van der Waals surface area contributed by atoms with Gasteiger partial charge in [0.05, 0.1) is 19.1 Å². The maximum absolute atomic E-state index is 15.2. The second-order valence-electron chi connectivity index (χ2n) is 26.6. The Bertz CT molecular complexity index is 4010. The van der Waals surface area contributed by atoms with Crippen LogP contribution in [-0.4, -0.2) is 210 Å². The number of aliphatic carboxylic acids is 2. The van der Waals surface area contributed by atoms with E-state index in [4.69, 9.17) is 5.73 Å². The number of carboxylic acid groups (broad SMARTS) is 2. The number of thioether (sulfide) groups is 3. The van der Waals surface area contributed by atoms with Crippen LogP contribution in [0.15, 0.2) is 79.1 Å². The van der Waals surface area contributed by atoms with Crippen molar-refractivity contribution in [2.24, 2.45) is 17.6 Å². The zero-order valence-corrected chi connectivity index (χ0v) is 60.6. The van der Waals surface area contributed by atoms with Gasteiger partial charge in [-0.2, -0.15) is 35.3 Å². The molecule has 104 heavy (non-hydrogen) atoms. The molecule has 0 aliphatic carbocycles. The first-order chi connectivity index (χ1) is 49.5. The lowest BCUT2D eigenvalue weighted by molar-refractivity contribution is -0.143. The Morgan fingerprint density at radius 3 is 1.64 bits per heavy atom. The van der Waals surface area contributed by atoms with E-state index in [0.717, 1.165) is 22.9 Å². The lowest BCUT2D eigenvalue weighted by Crippen LogP contribution is -2.61. The van der Waals surface area contributed by atoms with Crippen LogP contribution in [0, 0.1) is 11.8 Å². The van der Waals surface area contributed by atoms with E-state index in [1.165, 1.54) is 35.3 Å². The van der Waals surface area contributed by atoms with Gasteiger partial charge < -0.3 is 89.1 Å². The molecular weight excluding hydrogens is 1410 g/mol. The highest BCUT2D eigenvalue weighted by atomic mass is 32.2. The molecule has 11 atom stereocenters. The molecule has 8 rings (SSSR count). The molecule has 31 nitrogen and oxygen atoms in total. The summed E-state index contributed by atoms with van der Waals surface area (Å²) in [6.45, 7) is 6.90. The number of H-pyrrole nitrogens is 2. The molecule has 0 saturated carbocycles. The summed E-state index contributed by atoms with van der Waals surface area (Å²) in [5.74, 6) is -14.5. The summed E-state index contributed by atoms with van der Waals surface area (Å²) in [6, 6.07) is 4.85. The molecule has 2 aromatic heterocycles. The van der Waals surface area contributed by atoms with E-state index in [2.05, 4.69) is 63.1 Å². The molecule has 3 aliphatic heterocycles. The molecule has 5 heterocycles. The van der Waals surface area contributed by atoms with Gasteiger partial charge in [-0.3, -0.25) is 67.1 Å². The van der Waals surface area contributed by atoms with E-state index < -0.39 is 187 Å². The highest BCUT2D eigenvalue weighted by Crippen LogP contribution is 2.27. The Morgan fingerprint density at radius 1 is 0.548 bits per heavy atom. The van der Waals surface area contributed by atoms with Crippen molar-refractivity contribution in [3.63, 3.8) is 0 Å². The smallest absolute Gasteiger partial charge is 0.305 e. The molecule has 0 radical (unpaired) electrons. The van der Waals surface area contributed by atoms with Gasteiger partial charge >= 0.3 is 11.9 Å². The van der Waals surface area contributed by atoms with Gasteiger partial charge in [0.15, 0.2) is 0 Å². The fourth-order valence-electron chi connectivity index (χ4n) is 12.4. The average Bonchev–Trinajstić information content (AvgIpc) is 1.66. The van der Waals surface area contributed by atoms with Crippen molar-refractivity contribution in [3.8, 4) is 0 Å². The Labute approximate surface area is 611 Å². The number of aliphatic hydroxyl groups excluding tert-OH is 1. The van der Waals surface area contributed by atoms with E-state index in [1.54, 1.807) is 88.6 Å². The van der Waals surface area contributed by atoms with E-state index in [0.29, 0.717) is 50.7 Å². The lowest BCUT2D eigenvalue weighted by Gasteiger charge is -2.32. The second kappa shape index (κ2) is 37.7. The molecule has 0 spiro atoms. The quantitative estimate of drug-likeness (QED) is 0.0751. The fourth-order valence-corrected chi connectivity index (χ4v) is 15.2. The number of nitrogens with two attached hydrogens (primary N) is 1. The number of aromatic nitrogens is 2. The number of aliphatic hydroxyl groups is 1. The Hall–Kier alpha value is -9.67. The summed E-state index contributed by atoms with van der Waals surface area (Å²) in [5.41, 5.74) is 10.6. The van der Waals surface area contributed by atoms with Crippen molar-refractivity contribution in [2.45, 2.75) is 170 Å². The largest absolute Gasteiger partial charge is 0.481 e. The molecular formula is C70H90N14O17S3. The standard InChI is InChI=1S/C70H90N14O17S3/c1-35(2)58-68(99)78-50(26-57(90)91)62(93)74-29-55(87)75-48(24-41-27-72-45-13-8-6-11-43(41)45)64(95)83-59(36(3)4)70(101)84-19-10-15-53(84)67(98)79-51(61(71)92)33-103-31-39-21-38-22-40(23-39)32-104-34-52(66(97)77-49(65(96)82-58)25-42-28-73-46-14-9-7-12-44(42)46)80-63(94)47(16-17-56(88)89)76-69(100)60(37(5)85)81-54(86)18-20-102-30-38/h6-9,11-14,21-23,27-28,35-37,47-53,58-60,72-73,85H,10,15-20,24-26,29-34H2,1-5H3,(H2,71,92)(H,74,93)(H,75,87)(H,76,100)(H,77,97)(H,78,99)(H,79,98)(H,80,94)(H,81,86)(H,82,96)(H,83,95)(H,88,89)(H,90,91)/t37-,47+,48+,49+,50+,51+,52+,53+,58?,59?,60+/m1/s1. The molecule has 2 unspecified atom stereocenters. The molecule has 3 aromatic carbocycles. The maximum atomic E-state index is 15.2. The SMILES string of the molecule is CC(C)C1NC(=O)[C@H](Cc2c[nH]c3ccccc23)NC(=O)[C@@H]2CSCc3cc(cc(c3)CSC[C@@H](C(N)=O)NC(=O)[C@@H]3CCCN3C(=O)C(C(C)C)NC(=O)[C@H](Cc3c[nH]c4ccccc34)NC(=O)CNC(=O)[C@H](CC(=O)O)NC1=O)CSCCC(=O)N[C@@H]([C@@H](C)O)C(=O)N[C@@H](CCC(=O)O)C(=O)N2. The number of carbonyl (C=O) groups is 14. The number of nitrogens with zero attached hydrogens (tertiary/aromatic N) is 1. The minimum absolute atomic E-state index is 0.0276. The van der Waals surface area contributed by atoms with Crippen LogP contribution in [0.5, 0.6) is 0 Å². The summed E-state index contributed by atoms with van der Waals surface area (Å²) in [4.78, 5) is 204. The fraction of sp³-hybridized carbons (Fsp3) is 0.486. The minimum atomic E-state index is -1.90. The number of primary amides is 1. The molecule has 1 saturated heterocycles. The van der Waals surface area contributed by atoms with E-state index in [1.807, 2.05) is 18.2 Å². The zero-order chi connectivity index (χ0) is 75.5. The molecule has 560 valence electrons. The highest BCUT2D eigenvalue weighted by molar-refractivity contribution is 7.99. The highest BCUT2D eigenvalue weighted by Gasteiger charge is 2.42. The number of benzene rings is 3. The number of hydrogen-bond donors (Lipinski definition) is 16. The summed E-state index contributed by atoms with van der Waals surface area (Å²) < 4.78 is 0. The van der Waals surface area contributed by atoms with Crippen molar-refractivity contribution in [3.05, 3.63) is 107 Å². The normalized spacial score (nSPS) is 24.7. The number of fused-ring (bicyclic) bond motifs is 8. The summed E-state index contributed by atoms with van der Waals surface area (Å²) in [5, 5.41) is 57.9. The van der Waals surface area contributed by atoms with Gasteiger partial charge in [0.25, 0.3) is 0 Å².